The predicted octanol–water partition coefficient (Wildman–Crippen LogP) is 1.80. The molecule has 1 aromatic heterocycles. The Hall–Kier alpha value is -2.01. The summed E-state index contributed by atoms with van der Waals surface area (Å²) in [6.45, 7) is 2.69. The molecule has 1 heterocycles. The number of nitrogens with zero attached hydrogens (tertiary/aromatic N) is 4. The number of nitrogens with one attached hydrogen (secondary N) is 1. The number of hydrogen-bond donors (Lipinski definition) is 1. The fourth-order valence-electron chi connectivity index (χ4n) is 1.17. The third-order valence-electron chi connectivity index (χ3n) is 2.03. The molecule has 86 valence electrons. The number of carbonyl (C=O) groups excluding carboxylic acids is 1. The molecule has 0 fully saturated rings. The summed E-state index contributed by atoms with van der Waals surface area (Å²) in [5, 5.41) is 9.64. The van der Waals surface area contributed by atoms with Gasteiger partial charge >= 0.3 is 0 Å². The molecule has 0 saturated carbocycles. The van der Waals surface area contributed by atoms with Gasteiger partial charge in [0.1, 0.15) is 11.3 Å². The Labute approximate surface area is 92.4 Å². The summed E-state index contributed by atoms with van der Waals surface area (Å²) in [4.78, 5) is 14.2. The Morgan fingerprint density at radius 2 is 2.50 bits per heavy atom. The van der Waals surface area contributed by atoms with Crippen LogP contribution in [-0.4, -0.2) is 24.2 Å². The number of amides is 1. The highest BCUT2D eigenvalue weighted by molar-refractivity contribution is 5.94. The van der Waals surface area contributed by atoms with Crippen molar-refractivity contribution in [2.24, 2.45) is 5.11 Å². The smallest absolute Gasteiger partial charge is 0.256 e. The van der Waals surface area contributed by atoms with Gasteiger partial charge in [0.05, 0.1) is 6.20 Å². The lowest BCUT2D eigenvalue weighted by Gasteiger charge is -2.02. The van der Waals surface area contributed by atoms with Crippen molar-refractivity contribution in [3.63, 3.8) is 0 Å². The number of azide groups is 1. The normalized spacial score (nSPS) is 9.56. The van der Waals surface area contributed by atoms with Gasteiger partial charge in [0, 0.05) is 18.0 Å². The SMILES string of the molecule is Cc1oncc1C(=O)NCCCCN=[N+]=[N-]. The second-order valence-electron chi connectivity index (χ2n) is 3.21. The van der Waals surface area contributed by atoms with Crippen molar-refractivity contribution in [3.05, 3.63) is 28.0 Å². The molecule has 7 heteroatoms. The first kappa shape index (κ1) is 12.1. The van der Waals surface area contributed by atoms with Crippen molar-refractivity contribution in [2.45, 2.75) is 19.8 Å². The summed E-state index contributed by atoms with van der Waals surface area (Å²) in [6, 6.07) is 0. The van der Waals surface area contributed by atoms with Gasteiger partial charge in [-0.25, -0.2) is 0 Å². The van der Waals surface area contributed by atoms with Crippen molar-refractivity contribution in [1.82, 2.24) is 10.5 Å². The zero-order valence-corrected chi connectivity index (χ0v) is 9.01. The average Bonchev–Trinajstić information content (AvgIpc) is 2.69. The van der Waals surface area contributed by atoms with E-state index in [1.807, 2.05) is 0 Å². The van der Waals surface area contributed by atoms with Gasteiger partial charge in [-0.2, -0.15) is 0 Å². The Bertz CT molecular complexity index is 394. The largest absolute Gasteiger partial charge is 0.361 e. The number of unbranched alkanes of at least 4 members (excludes halogenated alkanes) is 1. The second-order valence-corrected chi connectivity index (χ2v) is 3.21. The Morgan fingerprint density at radius 3 is 3.12 bits per heavy atom. The average molecular weight is 223 g/mol. The van der Waals surface area contributed by atoms with E-state index in [-0.39, 0.29) is 5.91 Å². The lowest BCUT2D eigenvalue weighted by Crippen LogP contribution is -2.24. The van der Waals surface area contributed by atoms with Crippen molar-refractivity contribution in [3.8, 4) is 0 Å². The van der Waals surface area contributed by atoms with Gasteiger partial charge in [-0.3, -0.25) is 4.79 Å². The van der Waals surface area contributed by atoms with Crippen molar-refractivity contribution in [1.29, 1.82) is 0 Å². The van der Waals surface area contributed by atoms with E-state index in [2.05, 4.69) is 20.5 Å². The summed E-state index contributed by atoms with van der Waals surface area (Å²) >= 11 is 0. The third kappa shape index (κ3) is 3.62. The molecule has 0 saturated heterocycles. The minimum atomic E-state index is -0.192. The maximum Gasteiger partial charge on any atom is 0.256 e. The van der Waals surface area contributed by atoms with E-state index in [0.717, 1.165) is 12.8 Å². The highest BCUT2D eigenvalue weighted by atomic mass is 16.5. The fraction of sp³-hybridized carbons (Fsp3) is 0.556. The molecule has 0 spiro atoms. The van der Waals surface area contributed by atoms with E-state index in [9.17, 15) is 4.79 Å². The molecule has 1 N–H and O–H groups in total. The van der Waals surface area contributed by atoms with E-state index in [4.69, 9.17) is 10.1 Å². The van der Waals surface area contributed by atoms with Crippen LogP contribution in [0.4, 0.5) is 0 Å². The van der Waals surface area contributed by atoms with Crippen LogP contribution in [0, 0.1) is 6.92 Å². The first-order chi connectivity index (χ1) is 7.75. The summed E-state index contributed by atoms with van der Waals surface area (Å²) in [6.07, 6.45) is 2.92. The van der Waals surface area contributed by atoms with Gasteiger partial charge in [-0.1, -0.05) is 10.3 Å². The number of aromatic nitrogens is 1. The van der Waals surface area contributed by atoms with Crippen LogP contribution in [0.5, 0.6) is 0 Å². The number of rotatable bonds is 6. The number of carbonyl (C=O) groups is 1. The third-order valence-corrected chi connectivity index (χ3v) is 2.03. The maximum atomic E-state index is 11.5. The van der Waals surface area contributed by atoms with Gasteiger partial charge in [0.2, 0.25) is 0 Å². The lowest BCUT2D eigenvalue weighted by molar-refractivity contribution is 0.0951. The quantitative estimate of drug-likeness (QED) is 0.344. The Kier molecular flexibility index (Phi) is 4.88. The molecule has 0 aliphatic rings. The summed E-state index contributed by atoms with van der Waals surface area (Å²) in [5.74, 6) is 0.314. The zero-order chi connectivity index (χ0) is 11.8. The summed E-state index contributed by atoms with van der Waals surface area (Å²) in [5.41, 5.74) is 8.49. The fourth-order valence-corrected chi connectivity index (χ4v) is 1.17. The summed E-state index contributed by atoms with van der Waals surface area (Å²) < 4.78 is 4.78. The molecule has 0 aliphatic heterocycles. The molecule has 0 radical (unpaired) electrons. The monoisotopic (exact) mass is 223 g/mol. The molecule has 0 unspecified atom stereocenters. The molecule has 0 aromatic carbocycles. The van der Waals surface area contributed by atoms with Crippen molar-refractivity contribution < 1.29 is 9.32 Å². The van der Waals surface area contributed by atoms with Crippen LogP contribution in [0.1, 0.15) is 29.0 Å². The zero-order valence-electron chi connectivity index (χ0n) is 9.01. The summed E-state index contributed by atoms with van der Waals surface area (Å²) in [7, 11) is 0. The lowest BCUT2D eigenvalue weighted by atomic mass is 10.2. The molecular formula is C9H13N5O2. The standard InChI is InChI=1S/C9H13N5O2/c1-7-8(6-13-16-7)9(15)11-4-2-3-5-12-14-10/h6H,2-5H2,1H3,(H,11,15). The first-order valence-corrected chi connectivity index (χ1v) is 4.96. The van der Waals surface area contributed by atoms with Crippen LogP contribution >= 0.6 is 0 Å². The molecule has 16 heavy (non-hydrogen) atoms. The van der Waals surface area contributed by atoms with Gasteiger partial charge < -0.3 is 9.84 Å². The number of aryl methyl sites for hydroxylation is 1. The highest BCUT2D eigenvalue weighted by Crippen LogP contribution is 2.05. The molecule has 1 rings (SSSR count). The Balaban J connectivity index is 2.21. The van der Waals surface area contributed by atoms with Gasteiger partial charge in [-0.05, 0) is 25.3 Å². The topological polar surface area (TPSA) is 104 Å². The van der Waals surface area contributed by atoms with Crippen LogP contribution in [0.2, 0.25) is 0 Å². The van der Waals surface area contributed by atoms with Crippen LogP contribution < -0.4 is 5.32 Å². The van der Waals surface area contributed by atoms with Crippen LogP contribution in [0.3, 0.4) is 0 Å². The molecule has 0 atom stereocenters. The minimum absolute atomic E-state index is 0.192. The van der Waals surface area contributed by atoms with E-state index in [1.54, 1.807) is 6.92 Å². The molecule has 1 amide bonds. The maximum absolute atomic E-state index is 11.5. The Morgan fingerprint density at radius 1 is 1.69 bits per heavy atom. The van der Waals surface area contributed by atoms with E-state index in [0.29, 0.717) is 24.4 Å². The van der Waals surface area contributed by atoms with Crippen LogP contribution in [0.25, 0.3) is 10.4 Å². The van der Waals surface area contributed by atoms with Crippen LogP contribution in [-0.2, 0) is 0 Å². The second kappa shape index (κ2) is 6.47. The molecule has 1 aromatic rings. The van der Waals surface area contributed by atoms with Crippen molar-refractivity contribution in [2.75, 3.05) is 13.1 Å². The minimum Gasteiger partial charge on any atom is -0.361 e. The van der Waals surface area contributed by atoms with E-state index < -0.39 is 0 Å². The molecule has 0 aliphatic carbocycles. The van der Waals surface area contributed by atoms with Crippen molar-refractivity contribution >= 4 is 5.91 Å². The van der Waals surface area contributed by atoms with Gasteiger partial charge in [0.15, 0.2) is 0 Å². The first-order valence-electron chi connectivity index (χ1n) is 4.96. The predicted molar refractivity (Wildman–Crippen MR) is 56.8 cm³/mol. The molecule has 0 bridgehead atoms. The van der Waals surface area contributed by atoms with Crippen LogP contribution in [0.15, 0.2) is 15.8 Å². The van der Waals surface area contributed by atoms with Gasteiger partial charge in [-0.15, -0.1) is 0 Å². The number of hydrogen-bond acceptors (Lipinski definition) is 4. The van der Waals surface area contributed by atoms with E-state index >= 15 is 0 Å². The van der Waals surface area contributed by atoms with Gasteiger partial charge in [0.25, 0.3) is 5.91 Å². The molecular weight excluding hydrogens is 210 g/mol. The van der Waals surface area contributed by atoms with E-state index in [1.165, 1.54) is 6.20 Å². The highest BCUT2D eigenvalue weighted by Gasteiger charge is 2.11. The molecule has 7 nitrogen and oxygen atoms in total.